The van der Waals surface area contributed by atoms with Gasteiger partial charge in [-0.05, 0) is 62.6 Å². The Morgan fingerprint density at radius 2 is 2.04 bits per heavy atom. The first-order valence-corrected chi connectivity index (χ1v) is 9.78. The van der Waals surface area contributed by atoms with Crippen molar-refractivity contribution in [1.82, 2.24) is 20.1 Å². The first-order chi connectivity index (χ1) is 12.1. The lowest BCUT2D eigenvalue weighted by Gasteiger charge is -2.33. The van der Waals surface area contributed by atoms with Crippen LogP contribution in [0.1, 0.15) is 38.7 Å². The van der Waals surface area contributed by atoms with Gasteiger partial charge in [0.05, 0.1) is 6.04 Å². The first kappa shape index (κ1) is 17.0. The molecule has 0 aromatic carbocycles. The van der Waals surface area contributed by atoms with Crippen LogP contribution in [0, 0.1) is 11.8 Å². The zero-order valence-corrected chi connectivity index (χ0v) is 15.4. The average Bonchev–Trinajstić information content (AvgIpc) is 3.24. The number of carbonyl (C=O) groups is 1. The molecular weight excluding hydrogens is 312 g/mol. The van der Waals surface area contributed by atoms with E-state index in [1.54, 1.807) is 0 Å². The number of amides is 1. The lowest BCUT2D eigenvalue weighted by Crippen LogP contribution is -2.50. The van der Waals surface area contributed by atoms with Crippen LogP contribution in [0.2, 0.25) is 0 Å². The molecule has 2 aliphatic heterocycles. The largest absolute Gasteiger partial charge is 0.354 e. The van der Waals surface area contributed by atoms with Gasteiger partial charge in [0.2, 0.25) is 5.91 Å². The molecule has 5 heteroatoms. The summed E-state index contributed by atoms with van der Waals surface area (Å²) in [7, 11) is 0. The number of hydrogen-bond donors (Lipinski definition) is 1. The maximum absolute atomic E-state index is 12.7. The fourth-order valence-corrected chi connectivity index (χ4v) is 4.70. The second-order valence-electron chi connectivity index (χ2n) is 8.36. The van der Waals surface area contributed by atoms with Gasteiger partial charge in [0.1, 0.15) is 0 Å². The highest BCUT2D eigenvalue weighted by Crippen LogP contribution is 2.38. The van der Waals surface area contributed by atoms with E-state index in [4.69, 9.17) is 0 Å². The topological polar surface area (TPSA) is 48.5 Å². The maximum atomic E-state index is 12.7. The van der Waals surface area contributed by atoms with Crippen molar-refractivity contribution in [1.29, 1.82) is 0 Å². The van der Waals surface area contributed by atoms with Crippen molar-refractivity contribution in [3.8, 4) is 0 Å². The number of fused-ring (bicyclic) bond motifs is 1. The minimum Gasteiger partial charge on any atom is -0.354 e. The van der Waals surface area contributed by atoms with Gasteiger partial charge in [-0.25, -0.2) is 0 Å². The molecule has 3 atom stereocenters. The predicted molar refractivity (Wildman–Crippen MR) is 97.9 cm³/mol. The summed E-state index contributed by atoms with van der Waals surface area (Å²) in [6.07, 6.45) is 7.31. The minimum atomic E-state index is 0.0665. The number of rotatable bonds is 6. The molecule has 1 aromatic heterocycles. The van der Waals surface area contributed by atoms with Crippen LogP contribution in [0.5, 0.6) is 0 Å². The van der Waals surface area contributed by atoms with Gasteiger partial charge in [0.25, 0.3) is 0 Å². The van der Waals surface area contributed by atoms with Crippen molar-refractivity contribution < 1.29 is 4.79 Å². The van der Waals surface area contributed by atoms with Gasteiger partial charge in [-0.2, -0.15) is 0 Å². The van der Waals surface area contributed by atoms with E-state index in [9.17, 15) is 4.79 Å². The summed E-state index contributed by atoms with van der Waals surface area (Å²) in [5.41, 5.74) is 1.32. The Balaban J connectivity index is 1.38. The van der Waals surface area contributed by atoms with Crippen molar-refractivity contribution in [3.63, 3.8) is 0 Å². The Kier molecular flexibility index (Phi) is 4.78. The summed E-state index contributed by atoms with van der Waals surface area (Å²) in [5, 5.41) is 3.21. The Bertz CT molecular complexity index is 601. The quantitative estimate of drug-likeness (QED) is 0.858. The first-order valence-electron chi connectivity index (χ1n) is 9.78. The minimum absolute atomic E-state index is 0.0665. The molecule has 0 bridgehead atoms. The van der Waals surface area contributed by atoms with Crippen LogP contribution in [0.25, 0.3) is 0 Å². The molecule has 5 nitrogen and oxygen atoms in total. The zero-order chi connectivity index (χ0) is 17.4. The molecule has 1 amide bonds. The summed E-state index contributed by atoms with van der Waals surface area (Å²) < 4.78 is 0. The molecular formula is C20H30N4O. The van der Waals surface area contributed by atoms with E-state index in [0.717, 1.165) is 38.5 Å². The molecule has 3 heterocycles. The Hall–Kier alpha value is -1.46. The van der Waals surface area contributed by atoms with Gasteiger partial charge in [-0.15, -0.1) is 0 Å². The van der Waals surface area contributed by atoms with Gasteiger partial charge in [0.15, 0.2) is 0 Å². The van der Waals surface area contributed by atoms with E-state index in [-0.39, 0.29) is 11.9 Å². The normalized spacial score (nSPS) is 30.0. The number of pyridine rings is 1. The highest BCUT2D eigenvalue weighted by atomic mass is 16.2. The highest BCUT2D eigenvalue weighted by Gasteiger charge is 2.49. The second-order valence-corrected chi connectivity index (χ2v) is 8.36. The lowest BCUT2D eigenvalue weighted by atomic mass is 10.0. The standard InChI is InChI=1S/C20H30N4O/c1-14(2)24-18(20(25)22-10-15-3-4-15)9-17-12-23(13-19(17)24)11-16-5-7-21-8-6-16/h5-8,14-15,17-19H,3-4,9-13H2,1-2H3,(H,22,25)/t17-,18-,19+/m0/s1. The smallest absolute Gasteiger partial charge is 0.237 e. The van der Waals surface area contributed by atoms with E-state index in [1.807, 2.05) is 12.4 Å². The van der Waals surface area contributed by atoms with Crippen molar-refractivity contribution >= 4 is 5.91 Å². The van der Waals surface area contributed by atoms with Crippen LogP contribution >= 0.6 is 0 Å². The van der Waals surface area contributed by atoms with Crippen molar-refractivity contribution in [2.45, 2.75) is 57.8 Å². The summed E-state index contributed by atoms with van der Waals surface area (Å²) in [5.74, 6) is 1.62. The van der Waals surface area contributed by atoms with Crippen LogP contribution in [-0.4, -0.2) is 58.5 Å². The molecule has 2 saturated heterocycles. The molecule has 1 aromatic rings. The number of carbonyl (C=O) groups excluding carboxylic acids is 1. The monoisotopic (exact) mass is 342 g/mol. The van der Waals surface area contributed by atoms with E-state index >= 15 is 0 Å². The van der Waals surface area contributed by atoms with Crippen LogP contribution in [0.3, 0.4) is 0 Å². The third kappa shape index (κ3) is 3.72. The Morgan fingerprint density at radius 1 is 1.28 bits per heavy atom. The molecule has 0 spiro atoms. The number of likely N-dealkylation sites (tertiary alicyclic amines) is 2. The van der Waals surface area contributed by atoms with Crippen LogP contribution in [-0.2, 0) is 11.3 Å². The van der Waals surface area contributed by atoms with Crippen molar-refractivity contribution in [3.05, 3.63) is 30.1 Å². The van der Waals surface area contributed by atoms with Gasteiger partial charge in [-0.1, -0.05) is 0 Å². The van der Waals surface area contributed by atoms with Crippen LogP contribution in [0.4, 0.5) is 0 Å². The summed E-state index contributed by atoms with van der Waals surface area (Å²) in [6, 6.07) is 5.19. The zero-order valence-electron chi connectivity index (χ0n) is 15.4. The third-order valence-electron chi connectivity index (χ3n) is 6.07. The molecule has 4 rings (SSSR count). The van der Waals surface area contributed by atoms with E-state index in [0.29, 0.717) is 18.0 Å². The van der Waals surface area contributed by atoms with E-state index in [2.05, 4.69) is 46.1 Å². The fourth-order valence-electron chi connectivity index (χ4n) is 4.70. The average molecular weight is 342 g/mol. The van der Waals surface area contributed by atoms with Gasteiger partial charge >= 0.3 is 0 Å². The van der Waals surface area contributed by atoms with Gasteiger partial charge < -0.3 is 5.32 Å². The van der Waals surface area contributed by atoms with E-state index in [1.165, 1.54) is 18.4 Å². The predicted octanol–water partition coefficient (Wildman–Crippen LogP) is 1.89. The molecule has 136 valence electrons. The number of hydrogen-bond acceptors (Lipinski definition) is 4. The SMILES string of the molecule is CC(C)N1[C@@H]2CN(Cc3ccncc3)C[C@@H]2C[C@H]1C(=O)NCC1CC1. The lowest BCUT2D eigenvalue weighted by molar-refractivity contribution is -0.126. The van der Waals surface area contributed by atoms with Crippen molar-refractivity contribution in [2.24, 2.45) is 11.8 Å². The number of nitrogens with zero attached hydrogens (tertiary/aromatic N) is 3. The maximum Gasteiger partial charge on any atom is 0.237 e. The molecule has 1 aliphatic carbocycles. The summed E-state index contributed by atoms with van der Waals surface area (Å²) in [4.78, 5) is 21.9. The van der Waals surface area contributed by atoms with Crippen LogP contribution < -0.4 is 5.32 Å². The Morgan fingerprint density at radius 3 is 2.72 bits per heavy atom. The fraction of sp³-hybridized carbons (Fsp3) is 0.700. The molecule has 1 saturated carbocycles. The third-order valence-corrected chi connectivity index (χ3v) is 6.07. The molecule has 3 fully saturated rings. The number of aromatic nitrogens is 1. The van der Waals surface area contributed by atoms with Gasteiger partial charge in [0, 0.05) is 50.7 Å². The van der Waals surface area contributed by atoms with E-state index < -0.39 is 0 Å². The molecule has 3 aliphatic rings. The molecule has 1 N–H and O–H groups in total. The Labute approximate surface area is 150 Å². The molecule has 0 unspecified atom stereocenters. The van der Waals surface area contributed by atoms with Crippen LogP contribution in [0.15, 0.2) is 24.5 Å². The summed E-state index contributed by atoms with van der Waals surface area (Å²) in [6.45, 7) is 8.50. The summed E-state index contributed by atoms with van der Waals surface area (Å²) >= 11 is 0. The van der Waals surface area contributed by atoms with Gasteiger partial charge in [-0.3, -0.25) is 19.6 Å². The molecule has 0 radical (unpaired) electrons. The number of nitrogens with one attached hydrogen (secondary N) is 1. The second kappa shape index (κ2) is 7.04. The molecule has 25 heavy (non-hydrogen) atoms. The highest BCUT2D eigenvalue weighted by molar-refractivity contribution is 5.82. The van der Waals surface area contributed by atoms with Crippen molar-refractivity contribution in [2.75, 3.05) is 19.6 Å².